The van der Waals surface area contributed by atoms with Crippen LogP contribution in [0.1, 0.15) is 43.3 Å². The van der Waals surface area contributed by atoms with Crippen molar-refractivity contribution >= 4 is 0 Å². The van der Waals surface area contributed by atoms with E-state index in [0.29, 0.717) is 12.5 Å². The fourth-order valence-corrected chi connectivity index (χ4v) is 1.15. The Bertz CT molecular complexity index is 264. The summed E-state index contributed by atoms with van der Waals surface area (Å²) >= 11 is 0. The molecular formula is C8H14N4. The van der Waals surface area contributed by atoms with Crippen molar-refractivity contribution in [3.8, 4) is 0 Å². The Labute approximate surface area is 71.6 Å². The van der Waals surface area contributed by atoms with Gasteiger partial charge in [0.25, 0.3) is 0 Å². The van der Waals surface area contributed by atoms with Crippen LogP contribution in [0.5, 0.6) is 0 Å². The van der Waals surface area contributed by atoms with Crippen LogP contribution in [0.2, 0.25) is 0 Å². The number of H-pyrrole nitrogens is 1. The summed E-state index contributed by atoms with van der Waals surface area (Å²) in [5, 5.41) is 7.10. The van der Waals surface area contributed by atoms with E-state index < -0.39 is 0 Å². The number of nitrogens with two attached hydrogens (primary N) is 1. The van der Waals surface area contributed by atoms with E-state index in [1.165, 1.54) is 12.8 Å². The van der Waals surface area contributed by atoms with E-state index in [2.05, 4.69) is 15.2 Å². The van der Waals surface area contributed by atoms with Crippen LogP contribution in [-0.4, -0.2) is 21.7 Å². The molecule has 1 unspecified atom stereocenters. The van der Waals surface area contributed by atoms with Crippen molar-refractivity contribution in [2.45, 2.75) is 31.6 Å². The SMILES string of the molecule is CC(CN)c1n[nH]c(C2CC2)n1. The summed E-state index contributed by atoms with van der Waals surface area (Å²) in [5.74, 6) is 2.83. The van der Waals surface area contributed by atoms with Gasteiger partial charge in [0, 0.05) is 18.4 Å². The van der Waals surface area contributed by atoms with E-state index in [-0.39, 0.29) is 5.92 Å². The molecule has 0 bridgehead atoms. The predicted octanol–water partition coefficient (Wildman–Crippen LogP) is 0.744. The summed E-state index contributed by atoms with van der Waals surface area (Å²) in [5.41, 5.74) is 5.51. The molecule has 1 heterocycles. The molecule has 2 rings (SSSR count). The number of aromatic nitrogens is 3. The molecule has 1 atom stereocenters. The Hall–Kier alpha value is -0.900. The summed E-state index contributed by atoms with van der Waals surface area (Å²) in [7, 11) is 0. The average Bonchev–Trinajstić information content (AvgIpc) is 2.83. The monoisotopic (exact) mass is 166 g/mol. The maximum Gasteiger partial charge on any atom is 0.154 e. The van der Waals surface area contributed by atoms with E-state index in [4.69, 9.17) is 5.73 Å². The summed E-state index contributed by atoms with van der Waals surface area (Å²) in [4.78, 5) is 4.40. The molecule has 1 aromatic heterocycles. The third kappa shape index (κ3) is 1.34. The minimum atomic E-state index is 0.272. The van der Waals surface area contributed by atoms with Gasteiger partial charge in [-0.05, 0) is 12.8 Å². The van der Waals surface area contributed by atoms with E-state index in [9.17, 15) is 0 Å². The van der Waals surface area contributed by atoms with Gasteiger partial charge >= 0.3 is 0 Å². The molecule has 1 saturated carbocycles. The second-order valence-corrected chi connectivity index (χ2v) is 3.49. The molecule has 66 valence electrons. The number of aromatic amines is 1. The van der Waals surface area contributed by atoms with Crippen molar-refractivity contribution < 1.29 is 0 Å². The van der Waals surface area contributed by atoms with Crippen molar-refractivity contribution in [2.24, 2.45) is 5.73 Å². The molecule has 4 nitrogen and oxygen atoms in total. The molecule has 1 aliphatic rings. The summed E-state index contributed by atoms with van der Waals surface area (Å²) in [6.07, 6.45) is 2.51. The molecule has 0 aliphatic heterocycles. The molecule has 0 amide bonds. The molecule has 0 aromatic carbocycles. The topological polar surface area (TPSA) is 67.6 Å². The third-order valence-corrected chi connectivity index (χ3v) is 2.28. The minimum Gasteiger partial charge on any atom is -0.330 e. The fourth-order valence-electron chi connectivity index (χ4n) is 1.15. The van der Waals surface area contributed by atoms with Crippen molar-refractivity contribution in [1.29, 1.82) is 0 Å². The largest absolute Gasteiger partial charge is 0.330 e. The van der Waals surface area contributed by atoms with Crippen molar-refractivity contribution in [3.63, 3.8) is 0 Å². The summed E-state index contributed by atoms with van der Waals surface area (Å²) < 4.78 is 0. The van der Waals surface area contributed by atoms with Gasteiger partial charge in [0.15, 0.2) is 5.82 Å². The first kappa shape index (κ1) is 7.73. The first-order valence-corrected chi connectivity index (χ1v) is 4.43. The first-order chi connectivity index (χ1) is 5.81. The van der Waals surface area contributed by atoms with Crippen LogP contribution < -0.4 is 5.73 Å². The number of rotatable bonds is 3. The zero-order valence-corrected chi connectivity index (χ0v) is 7.25. The first-order valence-electron chi connectivity index (χ1n) is 4.43. The van der Waals surface area contributed by atoms with Crippen LogP contribution in [-0.2, 0) is 0 Å². The zero-order chi connectivity index (χ0) is 8.55. The summed E-state index contributed by atoms with van der Waals surface area (Å²) in [6, 6.07) is 0. The Kier molecular flexibility index (Phi) is 1.84. The van der Waals surface area contributed by atoms with Gasteiger partial charge in [-0.2, -0.15) is 5.10 Å². The predicted molar refractivity (Wildman–Crippen MR) is 45.8 cm³/mol. The van der Waals surface area contributed by atoms with E-state index in [1.54, 1.807) is 0 Å². The molecule has 12 heavy (non-hydrogen) atoms. The zero-order valence-electron chi connectivity index (χ0n) is 7.25. The van der Waals surface area contributed by atoms with E-state index in [1.807, 2.05) is 6.92 Å². The maximum absolute atomic E-state index is 5.51. The van der Waals surface area contributed by atoms with Crippen LogP contribution >= 0.6 is 0 Å². The Morgan fingerprint density at radius 1 is 1.67 bits per heavy atom. The Morgan fingerprint density at radius 2 is 2.42 bits per heavy atom. The quantitative estimate of drug-likeness (QED) is 0.696. The Morgan fingerprint density at radius 3 is 3.00 bits per heavy atom. The van der Waals surface area contributed by atoms with E-state index in [0.717, 1.165) is 11.6 Å². The number of hydrogen-bond acceptors (Lipinski definition) is 3. The van der Waals surface area contributed by atoms with Gasteiger partial charge in [-0.1, -0.05) is 6.92 Å². The van der Waals surface area contributed by atoms with Crippen molar-refractivity contribution in [2.75, 3.05) is 6.54 Å². The molecule has 4 heteroatoms. The average molecular weight is 166 g/mol. The normalized spacial score (nSPS) is 19.5. The standard InChI is InChI=1S/C8H14N4/c1-5(4-9)7-10-8(12-11-7)6-2-3-6/h5-6H,2-4,9H2,1H3,(H,10,11,12). The highest BCUT2D eigenvalue weighted by Crippen LogP contribution is 2.37. The number of nitrogens with zero attached hydrogens (tertiary/aromatic N) is 2. The Balaban J connectivity index is 2.12. The lowest BCUT2D eigenvalue weighted by molar-refractivity contribution is 0.715. The molecule has 0 spiro atoms. The maximum atomic E-state index is 5.51. The van der Waals surface area contributed by atoms with Gasteiger partial charge in [-0.15, -0.1) is 0 Å². The van der Waals surface area contributed by atoms with Gasteiger partial charge in [0.05, 0.1) is 0 Å². The van der Waals surface area contributed by atoms with Crippen LogP contribution in [0.15, 0.2) is 0 Å². The molecule has 1 fully saturated rings. The lowest BCUT2D eigenvalue weighted by Crippen LogP contribution is -2.10. The second kappa shape index (κ2) is 2.86. The molecule has 0 saturated heterocycles. The highest BCUT2D eigenvalue weighted by atomic mass is 15.2. The highest BCUT2D eigenvalue weighted by Gasteiger charge is 2.27. The minimum absolute atomic E-state index is 0.272. The van der Waals surface area contributed by atoms with Crippen LogP contribution in [0, 0.1) is 0 Å². The lowest BCUT2D eigenvalue weighted by Gasteiger charge is -1.99. The van der Waals surface area contributed by atoms with Crippen LogP contribution in [0.3, 0.4) is 0 Å². The molecular weight excluding hydrogens is 152 g/mol. The van der Waals surface area contributed by atoms with Gasteiger partial charge < -0.3 is 5.73 Å². The van der Waals surface area contributed by atoms with Gasteiger partial charge in [0.1, 0.15) is 5.82 Å². The second-order valence-electron chi connectivity index (χ2n) is 3.49. The highest BCUT2D eigenvalue weighted by molar-refractivity contribution is 5.06. The fraction of sp³-hybridized carbons (Fsp3) is 0.750. The summed E-state index contributed by atoms with van der Waals surface area (Å²) in [6.45, 7) is 2.65. The molecule has 3 N–H and O–H groups in total. The number of nitrogens with one attached hydrogen (secondary N) is 1. The molecule has 1 aromatic rings. The molecule has 1 aliphatic carbocycles. The third-order valence-electron chi connectivity index (χ3n) is 2.28. The van der Waals surface area contributed by atoms with Crippen LogP contribution in [0.25, 0.3) is 0 Å². The number of hydrogen-bond donors (Lipinski definition) is 2. The van der Waals surface area contributed by atoms with Crippen molar-refractivity contribution in [1.82, 2.24) is 15.2 Å². The smallest absolute Gasteiger partial charge is 0.154 e. The van der Waals surface area contributed by atoms with Gasteiger partial charge in [0.2, 0.25) is 0 Å². The van der Waals surface area contributed by atoms with E-state index >= 15 is 0 Å². The molecule has 0 radical (unpaired) electrons. The van der Waals surface area contributed by atoms with Crippen LogP contribution in [0.4, 0.5) is 0 Å². The van der Waals surface area contributed by atoms with Gasteiger partial charge in [-0.25, -0.2) is 4.98 Å². The van der Waals surface area contributed by atoms with Crippen molar-refractivity contribution in [3.05, 3.63) is 11.6 Å². The lowest BCUT2D eigenvalue weighted by atomic mass is 10.2. The van der Waals surface area contributed by atoms with Gasteiger partial charge in [-0.3, -0.25) is 5.10 Å².